The summed E-state index contributed by atoms with van der Waals surface area (Å²) < 4.78 is 26.5. The Morgan fingerprint density at radius 3 is 2.50 bits per heavy atom. The monoisotopic (exact) mass is 254 g/mol. The number of nitrogens with zero attached hydrogens (tertiary/aromatic N) is 1. The van der Waals surface area contributed by atoms with Crippen LogP contribution in [0.4, 0.5) is 8.78 Å². The second-order valence-electron chi connectivity index (χ2n) is 5.01. The van der Waals surface area contributed by atoms with Gasteiger partial charge in [-0.05, 0) is 36.6 Å². The number of hydrogen-bond donors (Lipinski definition) is 1. The SMILES string of the molecule is CCC1CCN(C(CN)c2cc(F)cc(F)c2)C1. The van der Waals surface area contributed by atoms with E-state index in [1.165, 1.54) is 12.1 Å². The zero-order valence-corrected chi connectivity index (χ0v) is 10.7. The molecule has 1 fully saturated rings. The van der Waals surface area contributed by atoms with Gasteiger partial charge >= 0.3 is 0 Å². The fourth-order valence-corrected chi connectivity index (χ4v) is 2.74. The summed E-state index contributed by atoms with van der Waals surface area (Å²) in [5.41, 5.74) is 6.43. The first-order valence-electron chi connectivity index (χ1n) is 6.54. The van der Waals surface area contributed by atoms with Crippen LogP contribution in [0.15, 0.2) is 18.2 Å². The fraction of sp³-hybridized carbons (Fsp3) is 0.571. The van der Waals surface area contributed by atoms with Crippen LogP contribution in [-0.2, 0) is 0 Å². The first-order valence-corrected chi connectivity index (χ1v) is 6.54. The van der Waals surface area contributed by atoms with E-state index in [-0.39, 0.29) is 6.04 Å². The Labute approximate surface area is 107 Å². The van der Waals surface area contributed by atoms with Crippen molar-refractivity contribution in [2.75, 3.05) is 19.6 Å². The van der Waals surface area contributed by atoms with Crippen LogP contribution in [0.5, 0.6) is 0 Å². The molecule has 1 aromatic carbocycles. The van der Waals surface area contributed by atoms with Gasteiger partial charge in [-0.1, -0.05) is 13.3 Å². The summed E-state index contributed by atoms with van der Waals surface area (Å²) in [6.07, 6.45) is 2.29. The molecule has 0 radical (unpaired) electrons. The van der Waals surface area contributed by atoms with Crippen LogP contribution in [0.1, 0.15) is 31.4 Å². The molecule has 2 atom stereocenters. The molecule has 2 unspecified atom stereocenters. The smallest absolute Gasteiger partial charge is 0.126 e. The van der Waals surface area contributed by atoms with Crippen LogP contribution in [0.3, 0.4) is 0 Å². The van der Waals surface area contributed by atoms with Crippen molar-refractivity contribution < 1.29 is 8.78 Å². The molecule has 0 saturated carbocycles. The minimum Gasteiger partial charge on any atom is -0.329 e. The molecule has 0 aliphatic carbocycles. The minimum absolute atomic E-state index is 0.0771. The molecule has 1 aromatic rings. The van der Waals surface area contributed by atoms with Crippen LogP contribution in [0.2, 0.25) is 0 Å². The number of benzene rings is 1. The molecular formula is C14H20F2N2. The molecule has 2 N–H and O–H groups in total. The number of rotatable bonds is 4. The van der Waals surface area contributed by atoms with E-state index in [1.807, 2.05) is 0 Å². The Morgan fingerprint density at radius 2 is 2.00 bits per heavy atom. The standard InChI is InChI=1S/C14H20F2N2/c1-2-10-3-4-18(9-10)14(8-17)11-5-12(15)7-13(16)6-11/h5-7,10,14H,2-4,8-9,17H2,1H3. The highest BCUT2D eigenvalue weighted by Crippen LogP contribution is 2.29. The molecular weight excluding hydrogens is 234 g/mol. The topological polar surface area (TPSA) is 29.3 Å². The first kappa shape index (κ1) is 13.4. The molecule has 1 saturated heterocycles. The van der Waals surface area contributed by atoms with Crippen LogP contribution >= 0.6 is 0 Å². The summed E-state index contributed by atoms with van der Waals surface area (Å²) in [6, 6.07) is 3.60. The molecule has 1 aliphatic rings. The predicted octanol–water partition coefficient (Wildman–Crippen LogP) is 2.70. The Hall–Kier alpha value is -1.00. The van der Waals surface area contributed by atoms with Crippen molar-refractivity contribution in [3.63, 3.8) is 0 Å². The summed E-state index contributed by atoms with van der Waals surface area (Å²) in [4.78, 5) is 2.24. The summed E-state index contributed by atoms with van der Waals surface area (Å²) in [7, 11) is 0. The zero-order chi connectivity index (χ0) is 13.1. The Bertz CT molecular complexity index is 389. The minimum atomic E-state index is -0.533. The van der Waals surface area contributed by atoms with Crippen LogP contribution in [0.25, 0.3) is 0 Å². The van der Waals surface area contributed by atoms with Gasteiger partial charge in [-0.15, -0.1) is 0 Å². The van der Waals surface area contributed by atoms with E-state index in [9.17, 15) is 8.78 Å². The van der Waals surface area contributed by atoms with E-state index in [4.69, 9.17) is 5.73 Å². The molecule has 2 rings (SSSR count). The molecule has 1 heterocycles. The van der Waals surface area contributed by atoms with Crippen molar-refractivity contribution in [3.05, 3.63) is 35.4 Å². The largest absolute Gasteiger partial charge is 0.329 e. The van der Waals surface area contributed by atoms with E-state index >= 15 is 0 Å². The highest BCUT2D eigenvalue weighted by Gasteiger charge is 2.27. The second kappa shape index (κ2) is 5.76. The van der Waals surface area contributed by atoms with Gasteiger partial charge in [-0.2, -0.15) is 0 Å². The van der Waals surface area contributed by atoms with E-state index in [0.29, 0.717) is 18.0 Å². The Balaban J connectivity index is 2.18. The van der Waals surface area contributed by atoms with Crippen LogP contribution < -0.4 is 5.73 Å². The highest BCUT2D eigenvalue weighted by molar-refractivity contribution is 5.22. The normalized spacial score (nSPS) is 22.3. The third kappa shape index (κ3) is 2.87. The van der Waals surface area contributed by atoms with Gasteiger partial charge in [0.25, 0.3) is 0 Å². The van der Waals surface area contributed by atoms with Gasteiger partial charge in [-0.25, -0.2) is 8.78 Å². The molecule has 0 amide bonds. The van der Waals surface area contributed by atoms with Crippen LogP contribution in [0, 0.1) is 17.6 Å². The summed E-state index contributed by atoms with van der Waals surface area (Å²) in [5.74, 6) is -0.387. The van der Waals surface area contributed by atoms with Gasteiger partial charge in [0.05, 0.1) is 0 Å². The molecule has 100 valence electrons. The Kier molecular flexibility index (Phi) is 4.30. The average molecular weight is 254 g/mol. The Morgan fingerprint density at radius 1 is 1.33 bits per heavy atom. The number of likely N-dealkylation sites (tertiary alicyclic amines) is 1. The van der Waals surface area contributed by atoms with Gasteiger partial charge in [0.15, 0.2) is 0 Å². The summed E-state index contributed by atoms with van der Waals surface area (Å²) in [5, 5.41) is 0. The molecule has 2 nitrogen and oxygen atoms in total. The molecule has 1 aliphatic heterocycles. The third-order valence-electron chi connectivity index (χ3n) is 3.83. The van der Waals surface area contributed by atoms with Gasteiger partial charge in [-0.3, -0.25) is 4.90 Å². The average Bonchev–Trinajstić information content (AvgIpc) is 2.77. The highest BCUT2D eigenvalue weighted by atomic mass is 19.1. The lowest BCUT2D eigenvalue weighted by Crippen LogP contribution is -2.32. The molecule has 18 heavy (non-hydrogen) atoms. The van der Waals surface area contributed by atoms with E-state index in [0.717, 1.165) is 32.0 Å². The maximum atomic E-state index is 13.3. The van der Waals surface area contributed by atoms with Crippen molar-refractivity contribution in [2.24, 2.45) is 11.7 Å². The van der Waals surface area contributed by atoms with Crippen LogP contribution in [-0.4, -0.2) is 24.5 Å². The van der Waals surface area contributed by atoms with Gasteiger partial charge in [0, 0.05) is 25.2 Å². The second-order valence-corrected chi connectivity index (χ2v) is 5.01. The van der Waals surface area contributed by atoms with Gasteiger partial charge in [0.2, 0.25) is 0 Å². The number of halogens is 2. The van der Waals surface area contributed by atoms with Gasteiger partial charge < -0.3 is 5.73 Å². The van der Waals surface area contributed by atoms with E-state index in [1.54, 1.807) is 0 Å². The molecule has 0 spiro atoms. The predicted molar refractivity (Wildman–Crippen MR) is 68.1 cm³/mol. The third-order valence-corrected chi connectivity index (χ3v) is 3.83. The summed E-state index contributed by atoms with van der Waals surface area (Å²) in [6.45, 7) is 4.49. The van der Waals surface area contributed by atoms with Crippen molar-refractivity contribution in [1.29, 1.82) is 0 Å². The van der Waals surface area contributed by atoms with E-state index < -0.39 is 11.6 Å². The number of nitrogens with two attached hydrogens (primary N) is 1. The van der Waals surface area contributed by atoms with Crippen molar-refractivity contribution in [1.82, 2.24) is 4.90 Å². The maximum Gasteiger partial charge on any atom is 0.126 e. The van der Waals surface area contributed by atoms with Crippen molar-refractivity contribution in [3.8, 4) is 0 Å². The van der Waals surface area contributed by atoms with Crippen molar-refractivity contribution in [2.45, 2.75) is 25.8 Å². The lowest BCUT2D eigenvalue weighted by atomic mass is 10.0. The molecule has 0 bridgehead atoms. The maximum absolute atomic E-state index is 13.3. The molecule has 4 heteroatoms. The zero-order valence-electron chi connectivity index (χ0n) is 10.7. The first-order chi connectivity index (χ1) is 8.63. The lowest BCUT2D eigenvalue weighted by molar-refractivity contribution is 0.240. The molecule has 0 aromatic heterocycles. The van der Waals surface area contributed by atoms with Crippen molar-refractivity contribution >= 4 is 0 Å². The van der Waals surface area contributed by atoms with E-state index in [2.05, 4.69) is 11.8 Å². The van der Waals surface area contributed by atoms with Gasteiger partial charge in [0.1, 0.15) is 11.6 Å². The number of hydrogen-bond acceptors (Lipinski definition) is 2. The summed E-state index contributed by atoms with van der Waals surface area (Å²) >= 11 is 0. The fourth-order valence-electron chi connectivity index (χ4n) is 2.74. The lowest BCUT2D eigenvalue weighted by Gasteiger charge is -2.27. The quantitative estimate of drug-likeness (QED) is 0.895.